The van der Waals surface area contributed by atoms with Gasteiger partial charge in [-0.25, -0.2) is 0 Å². The smallest absolute Gasteiger partial charge is 0.314 e. The molecule has 2 fully saturated rings. The lowest BCUT2D eigenvalue weighted by molar-refractivity contribution is 0.105. The molecule has 3 rings (SSSR count). The summed E-state index contributed by atoms with van der Waals surface area (Å²) in [6.07, 6.45) is 3.34. The third-order valence-corrected chi connectivity index (χ3v) is 6.36. The molecule has 4 atom stereocenters. The first-order chi connectivity index (χ1) is 9.99. The lowest BCUT2D eigenvalue weighted by Gasteiger charge is -2.19. The van der Waals surface area contributed by atoms with Crippen LogP contribution in [-0.4, -0.2) is 25.9 Å². The maximum absolute atomic E-state index is 12.4. The minimum atomic E-state index is -3.61. The van der Waals surface area contributed by atoms with Gasteiger partial charge in [-0.1, -0.05) is 26.0 Å². The minimum absolute atomic E-state index is 0.103. The second-order valence-electron chi connectivity index (χ2n) is 6.10. The molecule has 116 valence electrons. The fourth-order valence-electron chi connectivity index (χ4n) is 3.18. The average Bonchev–Trinajstić information content (AvgIpc) is 3.10. The maximum Gasteiger partial charge on any atom is 0.314 e. The van der Waals surface area contributed by atoms with Crippen LogP contribution in [0.3, 0.4) is 0 Å². The van der Waals surface area contributed by atoms with Crippen molar-refractivity contribution < 1.29 is 17.3 Å². The van der Waals surface area contributed by atoms with Gasteiger partial charge in [0.1, 0.15) is 11.0 Å². The fraction of sp³-hybridized carbons (Fsp3) is 0.625. The first kappa shape index (κ1) is 14.9. The van der Waals surface area contributed by atoms with Crippen molar-refractivity contribution >= 4 is 10.1 Å². The van der Waals surface area contributed by atoms with Crippen LogP contribution in [0.1, 0.15) is 51.0 Å². The molecule has 0 N–H and O–H groups in total. The van der Waals surface area contributed by atoms with Crippen LogP contribution in [0, 0.1) is 0 Å². The zero-order chi connectivity index (χ0) is 15.0. The van der Waals surface area contributed by atoms with E-state index in [1.165, 1.54) is 5.56 Å². The normalized spacial score (nSPS) is 29.5. The van der Waals surface area contributed by atoms with Crippen molar-refractivity contribution in [1.82, 2.24) is 0 Å². The van der Waals surface area contributed by atoms with Gasteiger partial charge in [-0.05, 0) is 49.3 Å². The Kier molecular flexibility index (Phi) is 3.97. The van der Waals surface area contributed by atoms with Crippen molar-refractivity contribution in [2.24, 2.45) is 0 Å². The Morgan fingerprint density at radius 3 is 2.52 bits per heavy atom. The summed E-state index contributed by atoms with van der Waals surface area (Å²) in [6, 6.07) is 7.37. The van der Waals surface area contributed by atoms with Gasteiger partial charge in [-0.15, -0.1) is 0 Å². The fourth-order valence-corrected chi connectivity index (χ4v) is 4.70. The molecule has 21 heavy (non-hydrogen) atoms. The summed E-state index contributed by atoms with van der Waals surface area (Å²) >= 11 is 0. The van der Waals surface area contributed by atoms with E-state index in [0.29, 0.717) is 18.1 Å². The van der Waals surface area contributed by atoms with Crippen LogP contribution in [0.4, 0.5) is 0 Å². The molecule has 1 aromatic carbocycles. The van der Waals surface area contributed by atoms with Gasteiger partial charge in [0.25, 0.3) is 0 Å². The molecule has 1 aromatic rings. The van der Waals surface area contributed by atoms with Gasteiger partial charge < -0.3 is 8.92 Å². The van der Waals surface area contributed by atoms with Crippen molar-refractivity contribution in [3.05, 3.63) is 29.8 Å². The van der Waals surface area contributed by atoms with Gasteiger partial charge >= 0.3 is 10.1 Å². The van der Waals surface area contributed by atoms with Crippen molar-refractivity contribution in [3.63, 3.8) is 0 Å². The molecule has 0 saturated carbocycles. The van der Waals surface area contributed by atoms with E-state index < -0.39 is 15.4 Å². The summed E-state index contributed by atoms with van der Waals surface area (Å²) in [5.41, 5.74) is 1.20. The van der Waals surface area contributed by atoms with Gasteiger partial charge in [0.2, 0.25) is 0 Å². The van der Waals surface area contributed by atoms with Crippen LogP contribution in [0.2, 0.25) is 0 Å². The largest absolute Gasteiger partial charge is 0.382 e. The molecule has 5 heteroatoms. The monoisotopic (exact) mass is 310 g/mol. The summed E-state index contributed by atoms with van der Waals surface area (Å²) in [4.78, 5) is 0. The lowest BCUT2D eigenvalue weighted by atomic mass is 9.99. The molecule has 2 aliphatic heterocycles. The van der Waals surface area contributed by atoms with E-state index in [0.717, 1.165) is 19.3 Å². The molecule has 2 aliphatic rings. The third-order valence-electron chi connectivity index (χ3n) is 4.69. The van der Waals surface area contributed by atoms with Crippen LogP contribution < -0.4 is 4.18 Å². The Balaban J connectivity index is 1.71. The molecule has 0 radical (unpaired) electrons. The highest BCUT2D eigenvalue weighted by molar-refractivity contribution is 7.87. The molecule has 0 aliphatic carbocycles. The Morgan fingerprint density at radius 2 is 2.00 bits per heavy atom. The first-order valence-electron chi connectivity index (χ1n) is 7.68. The Morgan fingerprint density at radius 1 is 1.29 bits per heavy atom. The van der Waals surface area contributed by atoms with Crippen molar-refractivity contribution in [2.75, 3.05) is 0 Å². The summed E-state index contributed by atoms with van der Waals surface area (Å²) in [6.45, 7) is 4.29. The summed E-state index contributed by atoms with van der Waals surface area (Å²) in [5, 5.41) is -0.509. The van der Waals surface area contributed by atoms with E-state index in [1.807, 2.05) is 12.1 Å². The quantitative estimate of drug-likeness (QED) is 0.784. The number of fused-ring (bicyclic) bond motifs is 2. The summed E-state index contributed by atoms with van der Waals surface area (Å²) in [5.74, 6) is 0.861. The molecule has 0 spiro atoms. The predicted octanol–water partition coefficient (Wildman–Crippen LogP) is 3.23. The van der Waals surface area contributed by atoms with Crippen molar-refractivity contribution in [3.8, 4) is 5.75 Å². The molecule has 2 bridgehead atoms. The Bertz CT molecular complexity index is 593. The number of rotatable bonds is 5. The molecular weight excluding hydrogens is 288 g/mol. The Hall–Kier alpha value is -1.07. The topological polar surface area (TPSA) is 52.6 Å². The van der Waals surface area contributed by atoms with Crippen LogP contribution in [0.15, 0.2) is 24.3 Å². The maximum atomic E-state index is 12.4. The molecular formula is C16H22O4S. The zero-order valence-electron chi connectivity index (χ0n) is 12.5. The van der Waals surface area contributed by atoms with Crippen molar-refractivity contribution in [1.29, 1.82) is 0 Å². The van der Waals surface area contributed by atoms with Gasteiger partial charge in [0, 0.05) is 0 Å². The standard InChI is InChI=1S/C16H22O4S/c1-3-11(2)12-4-6-13(7-5-12)20-21(17,18)16-10-14-8-9-15(16)19-14/h4-7,11,14-16H,3,8-10H2,1-2H3. The van der Waals surface area contributed by atoms with E-state index >= 15 is 0 Å². The molecule has 2 saturated heterocycles. The molecule has 4 unspecified atom stereocenters. The zero-order valence-corrected chi connectivity index (χ0v) is 13.3. The number of ether oxygens (including phenoxy) is 1. The summed E-state index contributed by atoms with van der Waals surface area (Å²) < 4.78 is 35.6. The van der Waals surface area contributed by atoms with E-state index in [9.17, 15) is 8.42 Å². The third kappa shape index (κ3) is 2.94. The molecule has 0 aromatic heterocycles. The van der Waals surface area contributed by atoms with E-state index in [-0.39, 0.29) is 12.2 Å². The van der Waals surface area contributed by atoms with E-state index in [1.54, 1.807) is 12.1 Å². The van der Waals surface area contributed by atoms with E-state index in [4.69, 9.17) is 8.92 Å². The van der Waals surface area contributed by atoms with Crippen LogP contribution >= 0.6 is 0 Å². The Labute approximate surface area is 126 Å². The highest BCUT2D eigenvalue weighted by Crippen LogP contribution is 2.38. The lowest BCUT2D eigenvalue weighted by Crippen LogP contribution is -2.34. The van der Waals surface area contributed by atoms with Gasteiger partial charge in [0.05, 0.1) is 12.2 Å². The number of hydrogen-bond acceptors (Lipinski definition) is 4. The predicted molar refractivity (Wildman–Crippen MR) is 81.0 cm³/mol. The first-order valence-corrected chi connectivity index (χ1v) is 9.15. The average molecular weight is 310 g/mol. The second-order valence-corrected chi connectivity index (χ2v) is 7.86. The van der Waals surface area contributed by atoms with Crippen molar-refractivity contribution in [2.45, 2.75) is 62.9 Å². The van der Waals surface area contributed by atoms with E-state index in [2.05, 4.69) is 13.8 Å². The molecule has 2 heterocycles. The molecule has 4 nitrogen and oxygen atoms in total. The highest BCUT2D eigenvalue weighted by Gasteiger charge is 2.48. The number of benzene rings is 1. The van der Waals surface area contributed by atoms with Crippen LogP contribution in [-0.2, 0) is 14.9 Å². The van der Waals surface area contributed by atoms with Gasteiger partial charge in [-0.3, -0.25) is 0 Å². The van der Waals surface area contributed by atoms with Gasteiger partial charge in [0.15, 0.2) is 0 Å². The second kappa shape index (κ2) is 5.61. The van der Waals surface area contributed by atoms with Crippen LogP contribution in [0.5, 0.6) is 5.75 Å². The van der Waals surface area contributed by atoms with Crippen LogP contribution in [0.25, 0.3) is 0 Å². The van der Waals surface area contributed by atoms with Gasteiger partial charge in [-0.2, -0.15) is 8.42 Å². The molecule has 0 amide bonds. The summed E-state index contributed by atoms with van der Waals surface area (Å²) in [7, 11) is -3.61. The SMILES string of the molecule is CCC(C)c1ccc(OS(=O)(=O)C2CC3CCC2O3)cc1. The highest BCUT2D eigenvalue weighted by atomic mass is 32.2. The minimum Gasteiger partial charge on any atom is -0.382 e. The number of hydrogen-bond donors (Lipinski definition) is 0.